The largest absolute Gasteiger partial charge is 0.379 e. The van der Waals surface area contributed by atoms with E-state index in [2.05, 4.69) is 47.5 Å². The molecule has 1 N–H and O–H groups in total. The van der Waals surface area contributed by atoms with Crippen molar-refractivity contribution in [3.05, 3.63) is 59.7 Å². The van der Waals surface area contributed by atoms with E-state index >= 15 is 0 Å². The summed E-state index contributed by atoms with van der Waals surface area (Å²) >= 11 is 0. The van der Waals surface area contributed by atoms with Gasteiger partial charge in [-0.3, -0.25) is 0 Å². The normalized spacial score (nSPS) is 11.5. The third-order valence-corrected chi connectivity index (χ3v) is 3.53. The van der Waals surface area contributed by atoms with Gasteiger partial charge in [0.1, 0.15) is 0 Å². The molecule has 21 heavy (non-hydrogen) atoms. The lowest BCUT2D eigenvalue weighted by atomic mass is 10.1. The molecular formula is C18H21N3. The van der Waals surface area contributed by atoms with Gasteiger partial charge in [0.2, 0.25) is 0 Å². The maximum absolute atomic E-state index is 8.68. The lowest BCUT2D eigenvalue weighted by molar-refractivity contribution is 0.884. The molecule has 0 aromatic heterocycles. The van der Waals surface area contributed by atoms with E-state index in [0.29, 0.717) is 6.42 Å². The van der Waals surface area contributed by atoms with Crippen molar-refractivity contribution in [2.24, 2.45) is 0 Å². The van der Waals surface area contributed by atoms with Crippen molar-refractivity contribution in [3.8, 4) is 6.07 Å². The van der Waals surface area contributed by atoms with Crippen LogP contribution in [0, 0.1) is 11.3 Å². The summed E-state index contributed by atoms with van der Waals surface area (Å²) < 4.78 is 0. The zero-order valence-corrected chi connectivity index (χ0v) is 12.8. The minimum atomic E-state index is 0.239. The maximum atomic E-state index is 8.68. The van der Waals surface area contributed by atoms with Crippen molar-refractivity contribution in [2.45, 2.75) is 19.4 Å². The van der Waals surface area contributed by atoms with Gasteiger partial charge in [-0.2, -0.15) is 5.26 Å². The number of anilines is 2. The number of rotatable bonds is 5. The van der Waals surface area contributed by atoms with Gasteiger partial charge >= 0.3 is 0 Å². The van der Waals surface area contributed by atoms with E-state index in [4.69, 9.17) is 5.26 Å². The van der Waals surface area contributed by atoms with Crippen molar-refractivity contribution in [2.75, 3.05) is 24.3 Å². The van der Waals surface area contributed by atoms with Gasteiger partial charge in [-0.25, -0.2) is 0 Å². The van der Waals surface area contributed by atoms with Gasteiger partial charge in [-0.1, -0.05) is 24.3 Å². The van der Waals surface area contributed by atoms with Gasteiger partial charge in [0.15, 0.2) is 0 Å². The molecule has 0 saturated carbocycles. The molecule has 2 rings (SSSR count). The van der Waals surface area contributed by atoms with Gasteiger partial charge in [0.05, 0.1) is 12.5 Å². The molecule has 108 valence electrons. The highest BCUT2D eigenvalue weighted by atomic mass is 15.1. The van der Waals surface area contributed by atoms with E-state index in [0.717, 1.165) is 11.3 Å². The van der Waals surface area contributed by atoms with Crippen LogP contribution in [0.15, 0.2) is 48.5 Å². The molecule has 0 saturated heterocycles. The summed E-state index contributed by atoms with van der Waals surface area (Å²) in [6.45, 7) is 2.15. The first-order valence-corrected chi connectivity index (χ1v) is 7.10. The van der Waals surface area contributed by atoms with Gasteiger partial charge in [0.25, 0.3) is 0 Å². The number of hydrogen-bond acceptors (Lipinski definition) is 3. The van der Waals surface area contributed by atoms with Gasteiger partial charge in [-0.05, 0) is 42.3 Å². The van der Waals surface area contributed by atoms with Crippen molar-refractivity contribution in [3.63, 3.8) is 0 Å². The van der Waals surface area contributed by atoms with Crippen LogP contribution in [0.25, 0.3) is 0 Å². The summed E-state index contributed by atoms with van der Waals surface area (Å²) in [4.78, 5) is 2.09. The van der Waals surface area contributed by atoms with Crippen molar-refractivity contribution in [1.82, 2.24) is 0 Å². The fourth-order valence-corrected chi connectivity index (χ4v) is 2.20. The summed E-state index contributed by atoms with van der Waals surface area (Å²) in [7, 11) is 4.08. The second-order valence-corrected chi connectivity index (χ2v) is 5.38. The summed E-state index contributed by atoms with van der Waals surface area (Å²) in [5.74, 6) is 0. The highest BCUT2D eigenvalue weighted by Gasteiger charge is 2.06. The fourth-order valence-electron chi connectivity index (χ4n) is 2.20. The molecule has 0 aliphatic carbocycles. The highest BCUT2D eigenvalue weighted by Crippen LogP contribution is 2.22. The average molecular weight is 279 g/mol. The summed E-state index contributed by atoms with van der Waals surface area (Å²) in [6.07, 6.45) is 0.460. The Morgan fingerprint density at radius 3 is 2.19 bits per heavy atom. The fraction of sp³-hybridized carbons (Fsp3) is 0.278. The Bertz CT molecular complexity index is 606. The molecule has 3 heteroatoms. The minimum Gasteiger partial charge on any atom is -0.379 e. The molecule has 0 amide bonds. The third-order valence-electron chi connectivity index (χ3n) is 3.53. The van der Waals surface area contributed by atoms with E-state index in [9.17, 15) is 0 Å². The molecule has 0 spiro atoms. The van der Waals surface area contributed by atoms with Gasteiger partial charge in [0, 0.05) is 31.5 Å². The molecule has 0 fully saturated rings. The van der Waals surface area contributed by atoms with E-state index < -0.39 is 0 Å². The van der Waals surface area contributed by atoms with Crippen LogP contribution >= 0.6 is 0 Å². The first kappa shape index (κ1) is 14.9. The van der Waals surface area contributed by atoms with Crippen LogP contribution in [0.3, 0.4) is 0 Å². The topological polar surface area (TPSA) is 39.1 Å². The summed E-state index contributed by atoms with van der Waals surface area (Å²) in [5, 5.41) is 12.2. The molecule has 3 nitrogen and oxygen atoms in total. The molecule has 0 aliphatic heterocycles. The van der Waals surface area contributed by atoms with Crippen LogP contribution in [0.5, 0.6) is 0 Å². The Kier molecular flexibility index (Phi) is 4.84. The van der Waals surface area contributed by atoms with Crippen LogP contribution in [-0.2, 0) is 6.42 Å². The highest BCUT2D eigenvalue weighted by molar-refractivity contribution is 5.50. The van der Waals surface area contributed by atoms with E-state index in [1.54, 1.807) is 0 Å². The molecule has 0 radical (unpaired) electrons. The lowest BCUT2D eigenvalue weighted by Crippen LogP contribution is -2.10. The Balaban J connectivity index is 2.03. The van der Waals surface area contributed by atoms with Crippen molar-refractivity contribution >= 4 is 11.4 Å². The van der Waals surface area contributed by atoms with Crippen LogP contribution in [0.4, 0.5) is 11.4 Å². The number of nitrogens with one attached hydrogen (secondary N) is 1. The first-order valence-electron chi connectivity index (χ1n) is 7.10. The van der Waals surface area contributed by atoms with E-state index in [1.165, 1.54) is 11.3 Å². The zero-order chi connectivity index (χ0) is 15.2. The predicted octanol–water partition coefficient (Wildman–Crippen LogP) is 3.99. The quantitative estimate of drug-likeness (QED) is 0.899. The Labute approximate surface area is 126 Å². The Hall–Kier alpha value is -2.47. The maximum Gasteiger partial charge on any atom is 0.0669 e. The van der Waals surface area contributed by atoms with E-state index in [1.807, 2.05) is 38.4 Å². The molecule has 0 heterocycles. The minimum absolute atomic E-state index is 0.239. The second kappa shape index (κ2) is 6.81. The standard InChI is InChI=1S/C18H21N3/c1-14(16-6-10-18(11-7-16)21(2)3)20-17-8-4-15(5-9-17)12-13-19/h4-11,14,20H,12H2,1-3H3. The van der Waals surface area contributed by atoms with E-state index in [-0.39, 0.29) is 6.04 Å². The zero-order valence-electron chi connectivity index (χ0n) is 12.8. The van der Waals surface area contributed by atoms with Crippen molar-refractivity contribution in [1.29, 1.82) is 5.26 Å². The second-order valence-electron chi connectivity index (χ2n) is 5.38. The predicted molar refractivity (Wildman–Crippen MR) is 88.6 cm³/mol. The SMILES string of the molecule is CC(Nc1ccc(CC#N)cc1)c1ccc(N(C)C)cc1. The Morgan fingerprint density at radius 1 is 1.05 bits per heavy atom. The summed E-state index contributed by atoms with van der Waals surface area (Å²) in [6, 6.07) is 19.0. The third kappa shape index (κ3) is 4.00. The molecule has 2 aromatic rings. The Morgan fingerprint density at radius 2 is 1.67 bits per heavy atom. The van der Waals surface area contributed by atoms with Crippen LogP contribution in [0.1, 0.15) is 24.1 Å². The van der Waals surface area contributed by atoms with Gasteiger partial charge in [-0.15, -0.1) is 0 Å². The molecule has 0 aliphatic rings. The number of hydrogen-bond donors (Lipinski definition) is 1. The van der Waals surface area contributed by atoms with Gasteiger partial charge < -0.3 is 10.2 Å². The number of nitriles is 1. The average Bonchev–Trinajstić information content (AvgIpc) is 2.49. The smallest absolute Gasteiger partial charge is 0.0669 e. The number of benzene rings is 2. The number of nitrogens with zero attached hydrogens (tertiary/aromatic N) is 2. The summed E-state index contributed by atoms with van der Waals surface area (Å²) in [5.41, 5.74) is 4.57. The first-order chi connectivity index (χ1) is 10.1. The molecule has 1 unspecified atom stereocenters. The molecule has 1 atom stereocenters. The van der Waals surface area contributed by atoms with Crippen LogP contribution < -0.4 is 10.2 Å². The molecular weight excluding hydrogens is 258 g/mol. The molecule has 2 aromatic carbocycles. The van der Waals surface area contributed by atoms with Crippen molar-refractivity contribution < 1.29 is 0 Å². The lowest BCUT2D eigenvalue weighted by Gasteiger charge is -2.18. The molecule has 0 bridgehead atoms. The van der Waals surface area contributed by atoms with Crippen LogP contribution in [0.2, 0.25) is 0 Å². The monoisotopic (exact) mass is 279 g/mol. The van der Waals surface area contributed by atoms with Crippen LogP contribution in [-0.4, -0.2) is 14.1 Å².